The van der Waals surface area contributed by atoms with Gasteiger partial charge in [-0.25, -0.2) is 0 Å². The molecule has 19 heavy (non-hydrogen) atoms. The van der Waals surface area contributed by atoms with Gasteiger partial charge in [0.2, 0.25) is 0 Å². The fraction of sp³-hybridized carbons (Fsp3) is 0.200. The number of carbonyl (C=O) groups excluding carboxylic acids is 1. The number of amides is 1. The zero-order valence-electron chi connectivity index (χ0n) is 11.1. The molecule has 2 rings (SSSR count). The topological polar surface area (TPSA) is 68.0 Å². The summed E-state index contributed by atoms with van der Waals surface area (Å²) in [5, 5.41) is 2.84. The molecule has 0 fully saturated rings. The van der Waals surface area contributed by atoms with Crippen molar-refractivity contribution < 1.29 is 4.79 Å². The van der Waals surface area contributed by atoms with E-state index in [1.165, 1.54) is 0 Å². The number of aromatic nitrogens is 1. The summed E-state index contributed by atoms with van der Waals surface area (Å²) in [7, 11) is 0. The number of nitrogens with zero attached hydrogens (tertiary/aromatic N) is 1. The van der Waals surface area contributed by atoms with E-state index in [9.17, 15) is 4.79 Å². The molecule has 0 saturated heterocycles. The van der Waals surface area contributed by atoms with Crippen molar-refractivity contribution >= 4 is 11.6 Å². The van der Waals surface area contributed by atoms with Crippen LogP contribution in [0, 0.1) is 13.8 Å². The number of aryl methyl sites for hydroxylation is 2. The van der Waals surface area contributed by atoms with Crippen LogP contribution in [0.3, 0.4) is 0 Å². The minimum atomic E-state index is -0.168. The molecule has 1 aromatic carbocycles. The van der Waals surface area contributed by atoms with Crippen LogP contribution in [0.4, 0.5) is 5.69 Å². The molecule has 0 spiro atoms. The Kier molecular flexibility index (Phi) is 3.80. The van der Waals surface area contributed by atoms with Crippen LogP contribution in [-0.2, 0) is 6.54 Å². The molecule has 2 aromatic rings. The summed E-state index contributed by atoms with van der Waals surface area (Å²) in [6.45, 7) is 4.19. The normalized spacial score (nSPS) is 10.2. The van der Waals surface area contributed by atoms with Gasteiger partial charge in [-0.3, -0.25) is 9.78 Å². The van der Waals surface area contributed by atoms with Gasteiger partial charge in [0.1, 0.15) is 0 Å². The SMILES string of the molecule is Cc1cccc(CNC(=O)c2c(C)cccc2N)n1. The Labute approximate surface area is 112 Å². The average molecular weight is 255 g/mol. The molecule has 4 nitrogen and oxygen atoms in total. The van der Waals surface area contributed by atoms with Gasteiger partial charge in [-0.2, -0.15) is 0 Å². The highest BCUT2D eigenvalue weighted by molar-refractivity contribution is 6.00. The molecule has 0 aliphatic heterocycles. The molecule has 1 heterocycles. The Morgan fingerprint density at radius 3 is 2.63 bits per heavy atom. The summed E-state index contributed by atoms with van der Waals surface area (Å²) < 4.78 is 0. The summed E-state index contributed by atoms with van der Waals surface area (Å²) >= 11 is 0. The fourth-order valence-corrected chi connectivity index (χ4v) is 1.96. The molecule has 0 radical (unpaired) electrons. The lowest BCUT2D eigenvalue weighted by atomic mass is 10.1. The molecular formula is C15H17N3O. The third-order valence-electron chi connectivity index (χ3n) is 2.91. The molecule has 0 aliphatic rings. The van der Waals surface area contributed by atoms with Crippen LogP contribution in [0.5, 0.6) is 0 Å². The van der Waals surface area contributed by atoms with Gasteiger partial charge in [0.05, 0.1) is 17.8 Å². The molecule has 1 aromatic heterocycles. The molecule has 98 valence electrons. The van der Waals surface area contributed by atoms with Crippen LogP contribution < -0.4 is 11.1 Å². The minimum absolute atomic E-state index is 0.168. The highest BCUT2D eigenvalue weighted by atomic mass is 16.1. The predicted octanol–water partition coefficient (Wildman–Crippen LogP) is 2.21. The van der Waals surface area contributed by atoms with Crippen LogP contribution in [0.2, 0.25) is 0 Å². The number of carbonyl (C=O) groups is 1. The molecule has 1 amide bonds. The van der Waals surface area contributed by atoms with E-state index in [-0.39, 0.29) is 5.91 Å². The van der Waals surface area contributed by atoms with Crippen molar-refractivity contribution in [2.24, 2.45) is 0 Å². The minimum Gasteiger partial charge on any atom is -0.398 e. The van der Waals surface area contributed by atoms with Gasteiger partial charge in [-0.05, 0) is 37.6 Å². The second-order valence-electron chi connectivity index (χ2n) is 4.49. The lowest BCUT2D eigenvalue weighted by molar-refractivity contribution is 0.0950. The van der Waals surface area contributed by atoms with Crippen LogP contribution in [0.1, 0.15) is 27.3 Å². The van der Waals surface area contributed by atoms with E-state index in [2.05, 4.69) is 10.3 Å². The summed E-state index contributed by atoms with van der Waals surface area (Å²) in [5.74, 6) is -0.168. The number of anilines is 1. The lowest BCUT2D eigenvalue weighted by Crippen LogP contribution is -2.25. The van der Waals surface area contributed by atoms with E-state index >= 15 is 0 Å². The number of pyridine rings is 1. The third-order valence-corrected chi connectivity index (χ3v) is 2.91. The molecule has 0 aliphatic carbocycles. The maximum absolute atomic E-state index is 12.1. The molecule has 0 atom stereocenters. The van der Waals surface area contributed by atoms with Gasteiger partial charge in [-0.15, -0.1) is 0 Å². The third kappa shape index (κ3) is 3.10. The summed E-state index contributed by atoms with van der Waals surface area (Å²) in [5.41, 5.74) is 9.51. The summed E-state index contributed by atoms with van der Waals surface area (Å²) in [4.78, 5) is 16.5. The van der Waals surface area contributed by atoms with Crippen molar-refractivity contribution in [3.8, 4) is 0 Å². The number of hydrogen-bond donors (Lipinski definition) is 2. The highest BCUT2D eigenvalue weighted by Gasteiger charge is 2.12. The highest BCUT2D eigenvalue weighted by Crippen LogP contribution is 2.15. The van der Waals surface area contributed by atoms with Crippen molar-refractivity contribution in [2.45, 2.75) is 20.4 Å². The number of benzene rings is 1. The van der Waals surface area contributed by atoms with Gasteiger partial charge in [0, 0.05) is 11.4 Å². The quantitative estimate of drug-likeness (QED) is 0.826. The second kappa shape index (κ2) is 5.52. The Morgan fingerprint density at radius 2 is 1.95 bits per heavy atom. The molecule has 0 saturated carbocycles. The van der Waals surface area contributed by atoms with Gasteiger partial charge >= 0.3 is 0 Å². The summed E-state index contributed by atoms with van der Waals surface area (Å²) in [6, 6.07) is 11.2. The first-order chi connectivity index (χ1) is 9.08. The predicted molar refractivity (Wildman–Crippen MR) is 75.7 cm³/mol. The van der Waals surface area contributed by atoms with Gasteiger partial charge in [0.15, 0.2) is 0 Å². The Balaban J connectivity index is 2.10. The standard InChI is InChI=1S/C15H17N3O/c1-10-5-3-8-13(16)14(10)15(19)17-9-12-7-4-6-11(2)18-12/h3-8H,9,16H2,1-2H3,(H,17,19). The maximum Gasteiger partial charge on any atom is 0.253 e. The van der Waals surface area contributed by atoms with Gasteiger partial charge < -0.3 is 11.1 Å². The van der Waals surface area contributed by atoms with Crippen LogP contribution in [-0.4, -0.2) is 10.9 Å². The van der Waals surface area contributed by atoms with E-state index in [1.54, 1.807) is 6.07 Å². The molecule has 3 N–H and O–H groups in total. The number of rotatable bonds is 3. The van der Waals surface area contributed by atoms with Gasteiger partial charge in [-0.1, -0.05) is 18.2 Å². The van der Waals surface area contributed by atoms with Gasteiger partial charge in [0.25, 0.3) is 5.91 Å². The Morgan fingerprint density at radius 1 is 1.21 bits per heavy atom. The first kappa shape index (κ1) is 13.1. The van der Waals surface area contributed by atoms with E-state index in [0.29, 0.717) is 17.8 Å². The molecule has 4 heteroatoms. The number of hydrogen-bond acceptors (Lipinski definition) is 3. The van der Waals surface area contributed by atoms with Crippen molar-refractivity contribution in [2.75, 3.05) is 5.73 Å². The molecule has 0 unspecified atom stereocenters. The van der Waals surface area contributed by atoms with Crippen LogP contribution in [0.15, 0.2) is 36.4 Å². The number of nitrogen functional groups attached to an aromatic ring is 1. The Bertz CT molecular complexity index is 588. The lowest BCUT2D eigenvalue weighted by Gasteiger charge is -2.10. The number of nitrogens with one attached hydrogen (secondary N) is 1. The molecule has 0 bridgehead atoms. The van der Waals surface area contributed by atoms with Crippen LogP contribution >= 0.6 is 0 Å². The zero-order valence-corrected chi connectivity index (χ0v) is 11.1. The first-order valence-corrected chi connectivity index (χ1v) is 6.14. The van der Waals surface area contributed by atoms with Crippen molar-refractivity contribution in [1.29, 1.82) is 0 Å². The fourth-order valence-electron chi connectivity index (χ4n) is 1.96. The smallest absolute Gasteiger partial charge is 0.253 e. The van der Waals surface area contributed by atoms with Crippen molar-refractivity contribution in [1.82, 2.24) is 10.3 Å². The second-order valence-corrected chi connectivity index (χ2v) is 4.49. The van der Waals surface area contributed by atoms with E-state index in [4.69, 9.17) is 5.73 Å². The first-order valence-electron chi connectivity index (χ1n) is 6.14. The van der Waals surface area contributed by atoms with Crippen LogP contribution in [0.25, 0.3) is 0 Å². The van der Waals surface area contributed by atoms with E-state index < -0.39 is 0 Å². The van der Waals surface area contributed by atoms with Crippen molar-refractivity contribution in [3.63, 3.8) is 0 Å². The number of nitrogens with two attached hydrogens (primary N) is 1. The van der Waals surface area contributed by atoms with E-state index in [0.717, 1.165) is 17.0 Å². The van der Waals surface area contributed by atoms with Crippen molar-refractivity contribution in [3.05, 3.63) is 58.9 Å². The Hall–Kier alpha value is -2.36. The summed E-state index contributed by atoms with van der Waals surface area (Å²) in [6.07, 6.45) is 0. The largest absolute Gasteiger partial charge is 0.398 e. The maximum atomic E-state index is 12.1. The molecular weight excluding hydrogens is 238 g/mol. The average Bonchev–Trinajstić information content (AvgIpc) is 2.36. The van der Waals surface area contributed by atoms with E-state index in [1.807, 2.05) is 44.2 Å². The monoisotopic (exact) mass is 255 g/mol. The zero-order chi connectivity index (χ0) is 13.8.